The minimum Gasteiger partial charge on any atom is -0.481 e. The fourth-order valence-corrected chi connectivity index (χ4v) is 4.54. The van der Waals surface area contributed by atoms with Crippen LogP contribution in [0, 0.1) is 23.7 Å². The lowest BCUT2D eigenvalue weighted by Gasteiger charge is -2.33. The number of piperidine rings is 1. The van der Waals surface area contributed by atoms with Gasteiger partial charge in [0.05, 0.1) is 12.5 Å². The second-order valence-electron chi connectivity index (χ2n) is 8.44. The first-order chi connectivity index (χ1) is 16.0. The van der Waals surface area contributed by atoms with Crippen LogP contribution in [0.2, 0.25) is 0 Å². The van der Waals surface area contributed by atoms with Crippen molar-refractivity contribution in [1.82, 2.24) is 10.2 Å². The van der Waals surface area contributed by atoms with E-state index < -0.39 is 23.9 Å². The molecular formula is C26H26N2O5. The first-order valence-corrected chi connectivity index (χ1v) is 11.0. The number of hydrogen-bond donors (Lipinski definition) is 2. The quantitative estimate of drug-likeness (QED) is 0.704. The summed E-state index contributed by atoms with van der Waals surface area (Å²) in [5.41, 5.74) is 4.58. The van der Waals surface area contributed by atoms with E-state index >= 15 is 0 Å². The van der Waals surface area contributed by atoms with E-state index in [2.05, 4.69) is 41.4 Å². The number of nitrogens with zero attached hydrogens (tertiary/aromatic N) is 1. The Kier molecular flexibility index (Phi) is 6.64. The molecule has 1 aliphatic carbocycles. The van der Waals surface area contributed by atoms with Gasteiger partial charge in [-0.25, -0.2) is 4.79 Å². The number of hydrogen-bond acceptors (Lipinski definition) is 4. The van der Waals surface area contributed by atoms with E-state index in [9.17, 15) is 19.5 Å². The van der Waals surface area contributed by atoms with Crippen molar-refractivity contribution in [2.45, 2.75) is 19.3 Å². The minimum absolute atomic E-state index is 0.0229. The highest BCUT2D eigenvalue weighted by Gasteiger charge is 2.33. The zero-order valence-corrected chi connectivity index (χ0v) is 18.4. The number of carbonyl (C=O) groups excluding carboxylic acids is 2. The number of likely N-dealkylation sites (tertiary alicyclic amines) is 1. The zero-order chi connectivity index (χ0) is 23.4. The Balaban J connectivity index is 1.27. The summed E-state index contributed by atoms with van der Waals surface area (Å²) in [5, 5.41) is 11.8. The molecule has 0 radical (unpaired) electrons. The standard InChI is InChI=1S/C26H26N2O5/c1-17-12-14-28(15-22(17)25(30)31)24(29)11-6-13-27-26(32)33-16-23-20-9-4-2-7-18(20)19-8-3-5-10-21(19)23/h2-5,7-10,17,22-23H,12-16H2,1H3,(H,27,32)(H,30,31). The lowest BCUT2D eigenvalue weighted by Crippen LogP contribution is -2.45. The maximum atomic E-state index is 12.3. The Morgan fingerprint density at radius 2 is 1.73 bits per heavy atom. The molecular weight excluding hydrogens is 420 g/mol. The van der Waals surface area contributed by atoms with Crippen molar-refractivity contribution in [3.63, 3.8) is 0 Å². The number of carboxylic acids is 1. The molecule has 0 saturated carbocycles. The number of carboxylic acid groups (broad SMARTS) is 1. The van der Waals surface area contributed by atoms with Crippen molar-refractivity contribution in [2.75, 3.05) is 26.2 Å². The van der Waals surface area contributed by atoms with Gasteiger partial charge in [-0.1, -0.05) is 61.4 Å². The summed E-state index contributed by atoms with van der Waals surface area (Å²) in [6, 6.07) is 16.2. The lowest BCUT2D eigenvalue weighted by atomic mass is 9.87. The average molecular weight is 447 g/mol. The van der Waals surface area contributed by atoms with Crippen molar-refractivity contribution in [2.24, 2.45) is 11.8 Å². The van der Waals surface area contributed by atoms with Gasteiger partial charge in [0.15, 0.2) is 0 Å². The number of alkyl carbamates (subject to hydrolysis) is 1. The van der Waals surface area contributed by atoms with Crippen LogP contribution in [0.4, 0.5) is 4.79 Å². The number of fused-ring (bicyclic) bond motifs is 3. The predicted octanol–water partition coefficient (Wildman–Crippen LogP) is 3.10. The van der Waals surface area contributed by atoms with Crippen LogP contribution >= 0.6 is 0 Å². The van der Waals surface area contributed by atoms with Crippen molar-refractivity contribution < 1.29 is 24.2 Å². The topological polar surface area (TPSA) is 95.9 Å². The monoisotopic (exact) mass is 446 g/mol. The molecule has 0 aromatic heterocycles. The molecule has 2 aromatic carbocycles. The van der Waals surface area contributed by atoms with E-state index in [4.69, 9.17) is 4.74 Å². The largest absolute Gasteiger partial charge is 0.481 e. The highest BCUT2D eigenvalue weighted by molar-refractivity contribution is 5.94. The number of benzene rings is 2. The van der Waals surface area contributed by atoms with E-state index in [1.807, 2.05) is 31.2 Å². The third-order valence-electron chi connectivity index (χ3n) is 6.42. The van der Waals surface area contributed by atoms with Crippen LogP contribution in [-0.4, -0.2) is 54.2 Å². The SMILES string of the molecule is CC1CCN(C(=O)C#CCNC(=O)OCC2c3ccccc3-c3ccccc32)CC1C(=O)O. The Morgan fingerprint density at radius 1 is 1.09 bits per heavy atom. The third-order valence-corrected chi connectivity index (χ3v) is 6.42. The summed E-state index contributed by atoms with van der Waals surface area (Å²) in [7, 11) is 0. The number of nitrogens with one attached hydrogen (secondary N) is 1. The molecule has 7 heteroatoms. The summed E-state index contributed by atoms with van der Waals surface area (Å²) < 4.78 is 5.44. The van der Waals surface area contributed by atoms with Crippen LogP contribution in [0.15, 0.2) is 48.5 Å². The molecule has 1 saturated heterocycles. The molecule has 2 unspecified atom stereocenters. The highest BCUT2D eigenvalue weighted by atomic mass is 16.5. The van der Waals surface area contributed by atoms with Crippen LogP contribution in [-0.2, 0) is 14.3 Å². The van der Waals surface area contributed by atoms with Crippen molar-refractivity contribution in [3.05, 3.63) is 59.7 Å². The zero-order valence-electron chi connectivity index (χ0n) is 18.4. The Labute approximate surface area is 192 Å². The van der Waals surface area contributed by atoms with Crippen LogP contribution < -0.4 is 5.32 Å². The molecule has 2 aliphatic rings. The summed E-state index contributed by atoms with van der Waals surface area (Å²) in [6.45, 7) is 2.69. The second kappa shape index (κ2) is 9.78. The van der Waals surface area contributed by atoms with Crippen LogP contribution in [0.1, 0.15) is 30.4 Å². The minimum atomic E-state index is -0.898. The number of aliphatic carboxylic acids is 1. The fraction of sp³-hybridized carbons (Fsp3) is 0.346. The maximum absolute atomic E-state index is 12.3. The smallest absolute Gasteiger partial charge is 0.407 e. The van der Waals surface area contributed by atoms with E-state index in [1.165, 1.54) is 4.90 Å². The molecule has 2 aromatic rings. The van der Waals surface area contributed by atoms with Crippen molar-refractivity contribution in [3.8, 4) is 23.0 Å². The molecule has 2 amide bonds. The van der Waals surface area contributed by atoms with Crippen LogP contribution in [0.5, 0.6) is 0 Å². The first-order valence-electron chi connectivity index (χ1n) is 11.0. The summed E-state index contributed by atoms with van der Waals surface area (Å²) in [5.74, 6) is 3.19. The molecule has 0 spiro atoms. The molecule has 1 fully saturated rings. The molecule has 2 N–H and O–H groups in total. The Bertz CT molecular complexity index is 1090. The molecule has 170 valence electrons. The normalized spacial score (nSPS) is 19.0. The van der Waals surface area contributed by atoms with Gasteiger partial charge in [0.2, 0.25) is 0 Å². The van der Waals surface area contributed by atoms with Gasteiger partial charge < -0.3 is 20.1 Å². The van der Waals surface area contributed by atoms with E-state index in [0.717, 1.165) is 22.3 Å². The van der Waals surface area contributed by atoms with Gasteiger partial charge in [0.1, 0.15) is 6.61 Å². The van der Waals surface area contributed by atoms with Gasteiger partial charge in [-0.15, -0.1) is 0 Å². The number of amides is 2. The molecule has 1 aliphatic heterocycles. The average Bonchev–Trinajstić information content (AvgIpc) is 3.14. The second-order valence-corrected chi connectivity index (χ2v) is 8.44. The fourth-order valence-electron chi connectivity index (χ4n) is 4.54. The molecule has 4 rings (SSSR count). The van der Waals surface area contributed by atoms with Crippen molar-refractivity contribution in [1.29, 1.82) is 0 Å². The molecule has 33 heavy (non-hydrogen) atoms. The van der Waals surface area contributed by atoms with E-state index in [-0.39, 0.29) is 31.5 Å². The van der Waals surface area contributed by atoms with Gasteiger partial charge in [0.25, 0.3) is 5.91 Å². The van der Waals surface area contributed by atoms with E-state index in [0.29, 0.717) is 13.0 Å². The third kappa shape index (κ3) is 4.85. The number of carbonyl (C=O) groups is 3. The first kappa shape index (κ1) is 22.4. The van der Waals surface area contributed by atoms with Gasteiger partial charge >= 0.3 is 12.1 Å². The Hall–Kier alpha value is -3.79. The maximum Gasteiger partial charge on any atom is 0.407 e. The van der Waals surface area contributed by atoms with Crippen LogP contribution in [0.3, 0.4) is 0 Å². The summed E-state index contributed by atoms with van der Waals surface area (Å²) in [4.78, 5) is 37.2. The lowest BCUT2D eigenvalue weighted by molar-refractivity contribution is -0.147. The van der Waals surface area contributed by atoms with Crippen LogP contribution in [0.25, 0.3) is 11.1 Å². The van der Waals surface area contributed by atoms with Gasteiger partial charge in [-0.2, -0.15) is 0 Å². The number of rotatable bonds is 4. The molecule has 7 nitrogen and oxygen atoms in total. The van der Waals surface area contributed by atoms with Gasteiger partial charge in [0, 0.05) is 19.0 Å². The summed E-state index contributed by atoms with van der Waals surface area (Å²) in [6.07, 6.45) is 0.0268. The van der Waals surface area contributed by atoms with E-state index in [1.54, 1.807) is 0 Å². The predicted molar refractivity (Wildman–Crippen MR) is 122 cm³/mol. The molecule has 2 atom stereocenters. The summed E-state index contributed by atoms with van der Waals surface area (Å²) >= 11 is 0. The molecule has 1 heterocycles. The highest BCUT2D eigenvalue weighted by Crippen LogP contribution is 2.44. The van der Waals surface area contributed by atoms with Gasteiger partial charge in [-0.3, -0.25) is 9.59 Å². The van der Waals surface area contributed by atoms with Gasteiger partial charge in [-0.05, 0) is 40.5 Å². The Morgan fingerprint density at radius 3 is 2.36 bits per heavy atom. The molecule has 0 bridgehead atoms. The number of ether oxygens (including phenoxy) is 1. The van der Waals surface area contributed by atoms with Crippen molar-refractivity contribution >= 4 is 18.0 Å².